The molecule has 0 fully saturated rings. The second-order valence-corrected chi connectivity index (χ2v) is 6.82. The fourth-order valence-corrected chi connectivity index (χ4v) is 3.88. The average Bonchev–Trinajstić information content (AvgIpc) is 2.72. The molecule has 2 aromatic rings. The van der Waals surface area contributed by atoms with E-state index in [1.54, 1.807) is 11.8 Å². The molecule has 18 heavy (non-hydrogen) atoms. The van der Waals surface area contributed by atoms with Gasteiger partial charge < -0.3 is 0 Å². The molecule has 1 unspecified atom stereocenters. The van der Waals surface area contributed by atoms with Crippen LogP contribution in [-0.4, -0.2) is 26.1 Å². The van der Waals surface area contributed by atoms with E-state index in [9.17, 15) is 0 Å². The number of thiol groups is 1. The summed E-state index contributed by atoms with van der Waals surface area (Å²) in [5, 5.41) is 9.35. The van der Waals surface area contributed by atoms with Gasteiger partial charge in [0.25, 0.3) is 0 Å². The first-order valence-corrected chi connectivity index (χ1v) is 7.67. The van der Waals surface area contributed by atoms with Crippen LogP contribution in [0.4, 0.5) is 0 Å². The summed E-state index contributed by atoms with van der Waals surface area (Å²) in [6.45, 7) is 6.78. The van der Waals surface area contributed by atoms with Crippen LogP contribution in [0, 0.1) is 11.3 Å². The Morgan fingerprint density at radius 1 is 1.33 bits per heavy atom. The van der Waals surface area contributed by atoms with Crippen molar-refractivity contribution in [3.05, 3.63) is 24.4 Å². The Labute approximate surface area is 118 Å². The molecule has 3 nitrogen and oxygen atoms in total. The van der Waals surface area contributed by atoms with Crippen LogP contribution in [0.15, 0.2) is 29.6 Å². The van der Waals surface area contributed by atoms with Crippen LogP contribution in [-0.2, 0) is 0 Å². The standard InChI is InChI=1S/C13H19N3S2/c1-13(2,3)10(8-17)9-18-12-15-14-11-6-4-5-7-16(11)12/h4-7,10,17H,8-9H2,1-3H3. The molecule has 0 amide bonds. The van der Waals surface area contributed by atoms with Gasteiger partial charge in [-0.1, -0.05) is 38.6 Å². The van der Waals surface area contributed by atoms with Gasteiger partial charge in [-0.05, 0) is 29.2 Å². The molecule has 2 heterocycles. The minimum absolute atomic E-state index is 0.273. The first kappa shape index (κ1) is 13.7. The number of nitrogens with zero attached hydrogens (tertiary/aromatic N) is 3. The van der Waals surface area contributed by atoms with E-state index in [0.717, 1.165) is 22.3 Å². The molecule has 2 aromatic heterocycles. The summed E-state index contributed by atoms with van der Waals surface area (Å²) in [4.78, 5) is 0. The van der Waals surface area contributed by atoms with Crippen molar-refractivity contribution < 1.29 is 0 Å². The van der Waals surface area contributed by atoms with Gasteiger partial charge in [0.2, 0.25) is 0 Å². The van der Waals surface area contributed by atoms with Gasteiger partial charge in [-0.2, -0.15) is 12.6 Å². The van der Waals surface area contributed by atoms with E-state index < -0.39 is 0 Å². The van der Waals surface area contributed by atoms with Crippen LogP contribution in [0.5, 0.6) is 0 Å². The molecule has 0 saturated heterocycles. The highest BCUT2D eigenvalue weighted by atomic mass is 32.2. The molecule has 0 N–H and O–H groups in total. The van der Waals surface area contributed by atoms with Gasteiger partial charge >= 0.3 is 0 Å². The van der Waals surface area contributed by atoms with Crippen molar-refractivity contribution in [2.75, 3.05) is 11.5 Å². The topological polar surface area (TPSA) is 30.2 Å². The van der Waals surface area contributed by atoms with Crippen molar-refractivity contribution in [2.45, 2.75) is 25.9 Å². The SMILES string of the molecule is CC(C)(C)C(CS)CSc1nnc2ccccn12. The van der Waals surface area contributed by atoms with E-state index in [2.05, 4.69) is 43.6 Å². The quantitative estimate of drug-likeness (QED) is 0.688. The van der Waals surface area contributed by atoms with Gasteiger partial charge in [-0.25, -0.2) is 0 Å². The monoisotopic (exact) mass is 281 g/mol. The smallest absolute Gasteiger partial charge is 0.195 e. The molecule has 98 valence electrons. The lowest BCUT2D eigenvalue weighted by atomic mass is 9.83. The number of rotatable bonds is 4. The fraction of sp³-hybridized carbons (Fsp3) is 0.538. The van der Waals surface area contributed by atoms with Gasteiger partial charge in [-0.3, -0.25) is 4.40 Å². The molecule has 0 aromatic carbocycles. The normalized spacial score (nSPS) is 14.0. The van der Waals surface area contributed by atoms with Crippen molar-refractivity contribution >= 4 is 30.0 Å². The maximum absolute atomic E-state index is 4.46. The van der Waals surface area contributed by atoms with Crippen molar-refractivity contribution in [3.8, 4) is 0 Å². The molecule has 2 rings (SSSR count). The van der Waals surface area contributed by atoms with E-state index >= 15 is 0 Å². The van der Waals surface area contributed by atoms with Gasteiger partial charge in [-0.15, -0.1) is 10.2 Å². The number of hydrogen-bond donors (Lipinski definition) is 1. The maximum atomic E-state index is 4.46. The summed E-state index contributed by atoms with van der Waals surface area (Å²) in [5.74, 6) is 2.47. The first-order valence-electron chi connectivity index (χ1n) is 6.06. The maximum Gasteiger partial charge on any atom is 0.195 e. The molecular formula is C13H19N3S2. The highest BCUT2D eigenvalue weighted by Gasteiger charge is 2.24. The molecule has 0 aliphatic heterocycles. The van der Waals surface area contributed by atoms with Crippen LogP contribution in [0.2, 0.25) is 0 Å². The lowest BCUT2D eigenvalue weighted by Gasteiger charge is -2.28. The third kappa shape index (κ3) is 3.01. The Bertz CT molecular complexity index is 516. The molecule has 0 aliphatic carbocycles. The van der Waals surface area contributed by atoms with E-state index in [-0.39, 0.29) is 5.41 Å². The molecule has 0 radical (unpaired) electrons. The number of fused-ring (bicyclic) bond motifs is 1. The first-order chi connectivity index (χ1) is 8.52. The van der Waals surface area contributed by atoms with Crippen LogP contribution >= 0.6 is 24.4 Å². The second kappa shape index (κ2) is 5.53. The predicted octanol–water partition coefficient (Wildman–Crippen LogP) is 3.41. The number of aromatic nitrogens is 3. The van der Waals surface area contributed by atoms with Gasteiger partial charge in [0.15, 0.2) is 10.8 Å². The summed E-state index contributed by atoms with van der Waals surface area (Å²) >= 11 is 6.21. The Balaban J connectivity index is 2.10. The van der Waals surface area contributed by atoms with Gasteiger partial charge in [0, 0.05) is 11.9 Å². The summed E-state index contributed by atoms with van der Waals surface area (Å²) < 4.78 is 2.03. The highest BCUT2D eigenvalue weighted by Crippen LogP contribution is 2.31. The minimum atomic E-state index is 0.273. The Kier molecular flexibility index (Phi) is 4.22. The summed E-state index contributed by atoms with van der Waals surface area (Å²) in [6.07, 6.45) is 2.00. The third-order valence-electron chi connectivity index (χ3n) is 3.14. The molecule has 5 heteroatoms. The number of pyridine rings is 1. The third-order valence-corrected chi connectivity index (χ3v) is 4.69. The largest absolute Gasteiger partial charge is 0.277 e. The zero-order chi connectivity index (χ0) is 13.2. The molecule has 0 spiro atoms. The van der Waals surface area contributed by atoms with E-state index in [1.165, 1.54) is 0 Å². The van der Waals surface area contributed by atoms with Crippen molar-refractivity contribution in [1.29, 1.82) is 0 Å². The van der Waals surface area contributed by atoms with Crippen molar-refractivity contribution in [2.24, 2.45) is 11.3 Å². The average molecular weight is 281 g/mol. The molecule has 1 atom stereocenters. The van der Waals surface area contributed by atoms with Crippen LogP contribution < -0.4 is 0 Å². The predicted molar refractivity (Wildman–Crippen MR) is 80.5 cm³/mol. The van der Waals surface area contributed by atoms with Gasteiger partial charge in [0.05, 0.1) is 0 Å². The Morgan fingerprint density at radius 2 is 2.11 bits per heavy atom. The number of hydrogen-bond acceptors (Lipinski definition) is 4. The zero-order valence-corrected chi connectivity index (χ0v) is 12.7. The Hall–Kier alpha value is -0.680. The number of thioether (sulfide) groups is 1. The van der Waals surface area contributed by atoms with Gasteiger partial charge in [0.1, 0.15) is 0 Å². The summed E-state index contributed by atoms with van der Waals surface area (Å²) in [5.41, 5.74) is 1.17. The zero-order valence-electron chi connectivity index (χ0n) is 11.0. The molecule has 0 saturated carbocycles. The van der Waals surface area contributed by atoms with Crippen molar-refractivity contribution in [1.82, 2.24) is 14.6 Å². The summed E-state index contributed by atoms with van der Waals surface area (Å²) in [6, 6.07) is 5.95. The van der Waals surface area contributed by atoms with Crippen LogP contribution in [0.3, 0.4) is 0 Å². The highest BCUT2D eigenvalue weighted by molar-refractivity contribution is 7.99. The van der Waals surface area contributed by atoms with E-state index in [4.69, 9.17) is 0 Å². The van der Waals surface area contributed by atoms with E-state index in [0.29, 0.717) is 5.92 Å². The molecule has 0 aliphatic rings. The second-order valence-electron chi connectivity index (χ2n) is 5.47. The fourth-order valence-electron chi connectivity index (χ4n) is 1.67. The Morgan fingerprint density at radius 3 is 2.78 bits per heavy atom. The summed E-state index contributed by atoms with van der Waals surface area (Å²) in [7, 11) is 0. The van der Waals surface area contributed by atoms with Crippen LogP contribution in [0.25, 0.3) is 5.65 Å². The lowest BCUT2D eigenvalue weighted by Crippen LogP contribution is -2.24. The molecular weight excluding hydrogens is 262 g/mol. The minimum Gasteiger partial charge on any atom is -0.277 e. The molecule has 0 bridgehead atoms. The van der Waals surface area contributed by atoms with Crippen LogP contribution in [0.1, 0.15) is 20.8 Å². The lowest BCUT2D eigenvalue weighted by molar-refractivity contribution is 0.294. The van der Waals surface area contributed by atoms with E-state index in [1.807, 2.05) is 28.8 Å². The van der Waals surface area contributed by atoms with Crippen molar-refractivity contribution in [3.63, 3.8) is 0 Å².